The molecule has 0 radical (unpaired) electrons. The molecule has 152 valence electrons. The number of piperidine rings is 1. The van der Waals surface area contributed by atoms with Gasteiger partial charge in [0, 0.05) is 25.7 Å². The number of nitrogens with one attached hydrogen (secondary N) is 1. The minimum Gasteiger partial charge on any atom is -0.465 e. The second kappa shape index (κ2) is 7.58. The molecular weight excluding hydrogens is 360 g/mol. The fourth-order valence-electron chi connectivity index (χ4n) is 4.96. The van der Waals surface area contributed by atoms with Gasteiger partial charge in [-0.25, -0.2) is 9.78 Å². The summed E-state index contributed by atoms with van der Waals surface area (Å²) in [4.78, 5) is 32.5. The number of pyridine rings is 1. The summed E-state index contributed by atoms with van der Waals surface area (Å²) >= 11 is 0. The number of anilines is 2. The Labute approximate surface area is 164 Å². The lowest BCUT2D eigenvalue weighted by Crippen LogP contribution is -2.47. The fraction of sp³-hybridized carbons (Fsp3) is 0.650. The lowest BCUT2D eigenvalue weighted by molar-refractivity contribution is -0.139. The number of hydrogen-bond donors (Lipinski definition) is 3. The van der Waals surface area contributed by atoms with E-state index in [-0.39, 0.29) is 11.5 Å². The van der Waals surface area contributed by atoms with Crippen molar-refractivity contribution < 1.29 is 19.8 Å². The van der Waals surface area contributed by atoms with Crippen LogP contribution in [-0.4, -0.2) is 63.9 Å². The van der Waals surface area contributed by atoms with Crippen molar-refractivity contribution in [2.24, 2.45) is 5.41 Å². The third-order valence-corrected chi connectivity index (χ3v) is 6.70. The van der Waals surface area contributed by atoms with Gasteiger partial charge in [-0.1, -0.05) is 0 Å². The van der Waals surface area contributed by atoms with E-state index in [1.54, 1.807) is 6.07 Å². The summed E-state index contributed by atoms with van der Waals surface area (Å²) < 4.78 is 0. The Balaban J connectivity index is 1.36. The Hall–Kier alpha value is -2.35. The number of hydrogen-bond acceptors (Lipinski definition) is 5. The normalized spacial score (nSPS) is 27.2. The molecule has 8 heteroatoms. The predicted octanol–water partition coefficient (Wildman–Crippen LogP) is 2.29. The lowest BCUT2D eigenvalue weighted by Gasteiger charge is -2.40. The number of carbonyl (C=O) groups is 2. The Bertz CT molecular complexity index is 722. The SMILES string of the molecule is O=C(O)Nc1ccc(N2CCC3(CC2)CCN(C2CCC(O)CC2)C3=O)nc1. The van der Waals surface area contributed by atoms with Crippen LogP contribution in [-0.2, 0) is 4.79 Å². The maximum atomic E-state index is 13.2. The summed E-state index contributed by atoms with van der Waals surface area (Å²) in [7, 11) is 0. The standard InChI is InChI=1S/C20H28N4O4/c25-16-4-2-15(3-5-16)24-12-9-20(18(24)26)7-10-23(11-8-20)17-6-1-14(13-21-17)22-19(27)28/h1,6,13,15-16,22,25H,2-5,7-12H2,(H,27,28). The molecular formula is C20H28N4O4. The third-order valence-electron chi connectivity index (χ3n) is 6.70. The first-order chi connectivity index (χ1) is 13.5. The topological polar surface area (TPSA) is 106 Å². The Kier molecular flexibility index (Phi) is 5.14. The minimum atomic E-state index is -1.11. The maximum Gasteiger partial charge on any atom is 0.409 e. The molecule has 0 bridgehead atoms. The average Bonchev–Trinajstić information content (AvgIpc) is 3.00. The first-order valence-electron chi connectivity index (χ1n) is 10.2. The van der Waals surface area contributed by atoms with Crippen LogP contribution in [0.3, 0.4) is 0 Å². The molecule has 3 aliphatic rings. The van der Waals surface area contributed by atoms with Gasteiger partial charge >= 0.3 is 6.09 Å². The summed E-state index contributed by atoms with van der Waals surface area (Å²) in [5, 5.41) is 20.8. The number of likely N-dealkylation sites (tertiary alicyclic amines) is 1. The molecule has 8 nitrogen and oxygen atoms in total. The highest BCUT2D eigenvalue weighted by molar-refractivity contribution is 5.85. The zero-order valence-electron chi connectivity index (χ0n) is 16.0. The van der Waals surface area contributed by atoms with E-state index in [1.807, 2.05) is 6.07 Å². The van der Waals surface area contributed by atoms with Gasteiger partial charge in [0.1, 0.15) is 5.82 Å². The Morgan fingerprint density at radius 1 is 1.11 bits per heavy atom. The number of nitrogens with zero attached hydrogens (tertiary/aromatic N) is 3. The molecule has 28 heavy (non-hydrogen) atoms. The van der Waals surface area contributed by atoms with Crippen molar-refractivity contribution >= 4 is 23.5 Å². The van der Waals surface area contributed by atoms with E-state index in [4.69, 9.17) is 5.11 Å². The van der Waals surface area contributed by atoms with E-state index in [1.165, 1.54) is 6.20 Å². The number of aromatic nitrogens is 1. The number of aliphatic hydroxyl groups excluding tert-OH is 1. The largest absolute Gasteiger partial charge is 0.465 e. The molecule has 2 aliphatic heterocycles. The van der Waals surface area contributed by atoms with Crippen LogP contribution < -0.4 is 10.2 Å². The van der Waals surface area contributed by atoms with Gasteiger partial charge in [-0.3, -0.25) is 10.1 Å². The van der Waals surface area contributed by atoms with Gasteiger partial charge in [-0.2, -0.15) is 0 Å². The average molecular weight is 388 g/mol. The van der Waals surface area contributed by atoms with Crippen LogP contribution in [0.5, 0.6) is 0 Å². The van der Waals surface area contributed by atoms with Crippen LogP contribution >= 0.6 is 0 Å². The molecule has 3 fully saturated rings. The number of aliphatic hydroxyl groups is 1. The molecule has 2 saturated heterocycles. The van der Waals surface area contributed by atoms with Gasteiger partial charge in [0.05, 0.1) is 23.4 Å². The smallest absolute Gasteiger partial charge is 0.409 e. The third kappa shape index (κ3) is 3.65. The molecule has 1 aliphatic carbocycles. The van der Waals surface area contributed by atoms with Crippen LogP contribution in [0.2, 0.25) is 0 Å². The van der Waals surface area contributed by atoms with E-state index in [2.05, 4.69) is 20.1 Å². The van der Waals surface area contributed by atoms with Crippen molar-refractivity contribution in [2.75, 3.05) is 29.9 Å². The zero-order valence-corrected chi connectivity index (χ0v) is 16.0. The molecule has 1 saturated carbocycles. The van der Waals surface area contributed by atoms with E-state index in [0.29, 0.717) is 17.6 Å². The zero-order chi connectivity index (χ0) is 19.7. The van der Waals surface area contributed by atoms with Crippen molar-refractivity contribution in [1.29, 1.82) is 0 Å². The molecule has 1 spiro atoms. The summed E-state index contributed by atoms with van der Waals surface area (Å²) in [5.74, 6) is 1.12. The highest BCUT2D eigenvalue weighted by Crippen LogP contribution is 2.44. The van der Waals surface area contributed by atoms with E-state index in [9.17, 15) is 14.7 Å². The first-order valence-corrected chi connectivity index (χ1v) is 10.2. The van der Waals surface area contributed by atoms with Gasteiger partial charge in [0.15, 0.2) is 0 Å². The van der Waals surface area contributed by atoms with Gasteiger partial charge in [0.2, 0.25) is 5.91 Å². The summed E-state index contributed by atoms with van der Waals surface area (Å²) in [6, 6.07) is 3.82. The highest BCUT2D eigenvalue weighted by atomic mass is 16.4. The summed E-state index contributed by atoms with van der Waals surface area (Å²) in [5.41, 5.74) is 0.209. The van der Waals surface area contributed by atoms with Gasteiger partial charge < -0.3 is 20.0 Å². The highest BCUT2D eigenvalue weighted by Gasteiger charge is 2.50. The van der Waals surface area contributed by atoms with Crippen molar-refractivity contribution in [3.05, 3.63) is 18.3 Å². The monoisotopic (exact) mass is 388 g/mol. The van der Waals surface area contributed by atoms with Crippen LogP contribution in [0.15, 0.2) is 18.3 Å². The first kappa shape index (κ1) is 19.0. The predicted molar refractivity (Wildman–Crippen MR) is 104 cm³/mol. The number of carboxylic acid groups (broad SMARTS) is 1. The van der Waals surface area contributed by atoms with Crippen LogP contribution in [0.4, 0.5) is 16.3 Å². The number of carbonyl (C=O) groups excluding carboxylic acids is 1. The summed E-state index contributed by atoms with van der Waals surface area (Å²) in [6.45, 7) is 2.40. The van der Waals surface area contributed by atoms with Crippen LogP contribution in [0, 0.1) is 5.41 Å². The minimum absolute atomic E-state index is 0.198. The van der Waals surface area contributed by atoms with Crippen molar-refractivity contribution in [3.8, 4) is 0 Å². The molecule has 3 heterocycles. The lowest BCUT2D eigenvalue weighted by atomic mass is 9.77. The maximum absolute atomic E-state index is 13.2. The van der Waals surface area contributed by atoms with Gasteiger partial charge in [-0.05, 0) is 57.1 Å². The molecule has 4 rings (SSSR count). The van der Waals surface area contributed by atoms with Crippen molar-refractivity contribution in [3.63, 3.8) is 0 Å². The molecule has 1 aromatic rings. The molecule has 2 amide bonds. The van der Waals surface area contributed by atoms with E-state index >= 15 is 0 Å². The van der Waals surface area contributed by atoms with E-state index < -0.39 is 6.09 Å². The van der Waals surface area contributed by atoms with Gasteiger partial charge in [-0.15, -0.1) is 0 Å². The molecule has 0 unspecified atom stereocenters. The van der Waals surface area contributed by atoms with Crippen molar-refractivity contribution in [2.45, 2.75) is 57.1 Å². The Morgan fingerprint density at radius 2 is 1.79 bits per heavy atom. The number of rotatable bonds is 3. The molecule has 3 N–H and O–H groups in total. The Morgan fingerprint density at radius 3 is 2.39 bits per heavy atom. The second-order valence-corrected chi connectivity index (χ2v) is 8.31. The second-order valence-electron chi connectivity index (χ2n) is 8.31. The quantitative estimate of drug-likeness (QED) is 0.734. The van der Waals surface area contributed by atoms with Crippen LogP contribution in [0.25, 0.3) is 0 Å². The van der Waals surface area contributed by atoms with Gasteiger partial charge in [0.25, 0.3) is 0 Å². The summed E-state index contributed by atoms with van der Waals surface area (Å²) in [6.07, 6.45) is 6.22. The number of amides is 2. The molecule has 0 aromatic carbocycles. The van der Waals surface area contributed by atoms with E-state index in [0.717, 1.165) is 70.4 Å². The molecule has 1 aromatic heterocycles. The fourth-order valence-corrected chi connectivity index (χ4v) is 4.96. The molecule has 0 atom stereocenters. The van der Waals surface area contributed by atoms with Crippen molar-refractivity contribution in [1.82, 2.24) is 9.88 Å². The van der Waals surface area contributed by atoms with Crippen LogP contribution in [0.1, 0.15) is 44.9 Å².